The minimum absolute atomic E-state index is 0.916. The second kappa shape index (κ2) is 5.90. The lowest BCUT2D eigenvalue weighted by Gasteiger charge is -2.16. The van der Waals surface area contributed by atoms with Gasteiger partial charge in [0.2, 0.25) is 0 Å². The van der Waals surface area contributed by atoms with Crippen LogP contribution in [0.2, 0.25) is 0 Å². The third-order valence-electron chi connectivity index (χ3n) is 2.69. The van der Waals surface area contributed by atoms with E-state index in [1.54, 1.807) is 0 Å². The molecule has 0 spiro atoms. The van der Waals surface area contributed by atoms with Gasteiger partial charge in [-0.3, -0.25) is 0 Å². The van der Waals surface area contributed by atoms with Crippen LogP contribution < -0.4 is 4.90 Å². The zero-order valence-corrected chi connectivity index (χ0v) is 10.1. The quantitative estimate of drug-likeness (QED) is 0.761. The van der Waals surface area contributed by atoms with E-state index in [-0.39, 0.29) is 0 Å². The molecule has 1 heteroatoms. The summed E-state index contributed by atoms with van der Waals surface area (Å²) in [5.74, 6) is 0. The van der Waals surface area contributed by atoms with Gasteiger partial charge in [-0.25, -0.2) is 0 Å². The Labute approximate surface area is 103 Å². The summed E-state index contributed by atoms with van der Waals surface area (Å²) in [6.07, 6.45) is 4.34. The van der Waals surface area contributed by atoms with Crippen LogP contribution in [0.15, 0.2) is 66.7 Å². The van der Waals surface area contributed by atoms with Crippen molar-refractivity contribution in [3.63, 3.8) is 0 Å². The summed E-state index contributed by atoms with van der Waals surface area (Å²) >= 11 is 0. The Hall–Kier alpha value is -2.02. The van der Waals surface area contributed by atoms with Crippen LogP contribution >= 0.6 is 0 Å². The molecule has 0 bridgehead atoms. The average molecular weight is 223 g/mol. The number of benzene rings is 2. The van der Waals surface area contributed by atoms with Crippen LogP contribution in [0.25, 0.3) is 6.08 Å². The zero-order chi connectivity index (χ0) is 11.9. The summed E-state index contributed by atoms with van der Waals surface area (Å²) in [7, 11) is 2.10. The fourth-order valence-corrected chi connectivity index (χ4v) is 1.70. The summed E-state index contributed by atoms with van der Waals surface area (Å²) < 4.78 is 0. The first-order valence-electron chi connectivity index (χ1n) is 5.84. The largest absolute Gasteiger partial charge is 0.371 e. The second-order valence-electron chi connectivity index (χ2n) is 4.03. The van der Waals surface area contributed by atoms with Crippen molar-refractivity contribution in [2.75, 3.05) is 18.5 Å². The van der Waals surface area contributed by atoms with Crippen LogP contribution in [-0.4, -0.2) is 13.6 Å². The Kier molecular flexibility index (Phi) is 3.98. The van der Waals surface area contributed by atoms with Gasteiger partial charge >= 0.3 is 0 Å². The lowest BCUT2D eigenvalue weighted by Crippen LogP contribution is -2.16. The predicted molar refractivity (Wildman–Crippen MR) is 75.2 cm³/mol. The summed E-state index contributed by atoms with van der Waals surface area (Å²) in [5.41, 5.74) is 2.49. The molecule has 0 aliphatic heterocycles. The Bertz CT molecular complexity index is 459. The molecular formula is C16H17N. The zero-order valence-electron chi connectivity index (χ0n) is 10.1. The standard InChI is InChI=1S/C16H17N/c1-17(16-12-6-3-7-13-16)14-8-11-15-9-4-2-5-10-15/h2-13H,14H2,1H3/b11-8+. The molecule has 0 aliphatic carbocycles. The Morgan fingerprint density at radius 3 is 2.12 bits per heavy atom. The minimum atomic E-state index is 0.916. The van der Waals surface area contributed by atoms with Gasteiger partial charge in [0.1, 0.15) is 0 Å². The second-order valence-corrected chi connectivity index (χ2v) is 4.03. The van der Waals surface area contributed by atoms with E-state index in [1.165, 1.54) is 11.3 Å². The molecule has 2 rings (SSSR count). The summed E-state index contributed by atoms with van der Waals surface area (Å²) in [5, 5.41) is 0. The van der Waals surface area contributed by atoms with Crippen LogP contribution in [0.1, 0.15) is 5.56 Å². The molecule has 1 nitrogen and oxygen atoms in total. The number of para-hydroxylation sites is 1. The van der Waals surface area contributed by atoms with Crippen LogP contribution in [-0.2, 0) is 0 Å². The molecule has 0 atom stereocenters. The number of rotatable bonds is 4. The smallest absolute Gasteiger partial charge is 0.0366 e. The molecule has 0 saturated carbocycles. The molecule has 0 amide bonds. The van der Waals surface area contributed by atoms with E-state index in [1.807, 2.05) is 12.1 Å². The fraction of sp³-hybridized carbons (Fsp3) is 0.125. The van der Waals surface area contributed by atoms with E-state index in [4.69, 9.17) is 0 Å². The van der Waals surface area contributed by atoms with E-state index < -0.39 is 0 Å². The van der Waals surface area contributed by atoms with Crippen molar-refractivity contribution in [2.24, 2.45) is 0 Å². The topological polar surface area (TPSA) is 3.24 Å². The first kappa shape index (κ1) is 11.5. The molecule has 0 saturated heterocycles. The van der Waals surface area contributed by atoms with E-state index in [0.717, 1.165) is 6.54 Å². The predicted octanol–water partition coefficient (Wildman–Crippen LogP) is 3.84. The van der Waals surface area contributed by atoms with E-state index in [9.17, 15) is 0 Å². The van der Waals surface area contributed by atoms with Gasteiger partial charge in [-0.1, -0.05) is 60.7 Å². The normalized spacial score (nSPS) is 10.6. The van der Waals surface area contributed by atoms with Crippen LogP contribution in [0.3, 0.4) is 0 Å². The molecule has 0 heterocycles. The van der Waals surface area contributed by atoms with Gasteiger partial charge in [0.05, 0.1) is 0 Å². The van der Waals surface area contributed by atoms with Crippen molar-refractivity contribution in [3.05, 3.63) is 72.3 Å². The molecule has 0 fully saturated rings. The number of hydrogen-bond donors (Lipinski definition) is 0. The highest BCUT2D eigenvalue weighted by atomic mass is 15.1. The van der Waals surface area contributed by atoms with Crippen molar-refractivity contribution in [1.82, 2.24) is 0 Å². The molecule has 0 aromatic heterocycles. The monoisotopic (exact) mass is 223 g/mol. The van der Waals surface area contributed by atoms with Crippen molar-refractivity contribution < 1.29 is 0 Å². The Morgan fingerprint density at radius 2 is 1.47 bits per heavy atom. The summed E-state index contributed by atoms with van der Waals surface area (Å²) in [4.78, 5) is 2.22. The van der Waals surface area contributed by atoms with Crippen LogP contribution in [0.5, 0.6) is 0 Å². The lowest BCUT2D eigenvalue weighted by molar-refractivity contribution is 1.03. The molecule has 0 radical (unpaired) electrons. The maximum absolute atomic E-state index is 2.22. The highest BCUT2D eigenvalue weighted by Gasteiger charge is 1.95. The van der Waals surface area contributed by atoms with E-state index in [2.05, 4.69) is 72.6 Å². The molecule has 0 N–H and O–H groups in total. The van der Waals surface area contributed by atoms with Crippen LogP contribution in [0.4, 0.5) is 5.69 Å². The first-order chi connectivity index (χ1) is 8.36. The molecular weight excluding hydrogens is 206 g/mol. The fourth-order valence-electron chi connectivity index (χ4n) is 1.70. The van der Waals surface area contributed by atoms with Gasteiger partial charge in [0.15, 0.2) is 0 Å². The molecule has 0 unspecified atom stereocenters. The van der Waals surface area contributed by atoms with Crippen molar-refractivity contribution in [2.45, 2.75) is 0 Å². The minimum Gasteiger partial charge on any atom is -0.371 e. The van der Waals surface area contributed by atoms with Gasteiger partial charge in [0, 0.05) is 19.3 Å². The molecule has 86 valence electrons. The lowest BCUT2D eigenvalue weighted by atomic mass is 10.2. The number of hydrogen-bond acceptors (Lipinski definition) is 1. The van der Waals surface area contributed by atoms with E-state index >= 15 is 0 Å². The van der Waals surface area contributed by atoms with Gasteiger partial charge in [0.25, 0.3) is 0 Å². The molecule has 2 aromatic carbocycles. The average Bonchev–Trinajstić information content (AvgIpc) is 2.41. The molecule has 0 aliphatic rings. The van der Waals surface area contributed by atoms with Gasteiger partial charge < -0.3 is 4.90 Å². The van der Waals surface area contributed by atoms with Gasteiger partial charge in [-0.2, -0.15) is 0 Å². The third kappa shape index (κ3) is 3.49. The Balaban J connectivity index is 1.93. The van der Waals surface area contributed by atoms with Crippen molar-refractivity contribution in [3.8, 4) is 0 Å². The SMILES string of the molecule is CN(C/C=C/c1ccccc1)c1ccccc1. The van der Waals surface area contributed by atoms with Gasteiger partial charge in [-0.05, 0) is 17.7 Å². The van der Waals surface area contributed by atoms with Crippen LogP contribution in [0, 0.1) is 0 Å². The summed E-state index contributed by atoms with van der Waals surface area (Å²) in [6, 6.07) is 20.8. The molecule has 2 aromatic rings. The van der Waals surface area contributed by atoms with Crippen molar-refractivity contribution in [1.29, 1.82) is 0 Å². The van der Waals surface area contributed by atoms with Gasteiger partial charge in [-0.15, -0.1) is 0 Å². The van der Waals surface area contributed by atoms with Crippen molar-refractivity contribution >= 4 is 11.8 Å². The first-order valence-corrected chi connectivity index (χ1v) is 5.84. The van der Waals surface area contributed by atoms with E-state index in [0.29, 0.717) is 0 Å². The summed E-state index contributed by atoms with van der Waals surface area (Å²) in [6.45, 7) is 0.916. The molecule has 17 heavy (non-hydrogen) atoms. The highest BCUT2D eigenvalue weighted by molar-refractivity contribution is 5.51. The number of nitrogens with zero attached hydrogens (tertiary/aromatic N) is 1. The third-order valence-corrected chi connectivity index (χ3v) is 2.69. The maximum Gasteiger partial charge on any atom is 0.0366 e. The highest BCUT2D eigenvalue weighted by Crippen LogP contribution is 2.10. The maximum atomic E-state index is 2.22. The Morgan fingerprint density at radius 1 is 0.882 bits per heavy atom. The number of anilines is 1. The number of likely N-dealkylation sites (N-methyl/N-ethyl adjacent to an activating group) is 1.